The molecule has 0 bridgehead atoms. The van der Waals surface area contributed by atoms with Gasteiger partial charge in [-0.05, 0) is 65.7 Å². The Morgan fingerprint density at radius 2 is 1.31 bits per heavy atom. The van der Waals surface area contributed by atoms with Gasteiger partial charge in [0.1, 0.15) is 0 Å². The molecule has 6 rings (SSSR count). The fourth-order valence-corrected chi connectivity index (χ4v) is 6.50. The van der Waals surface area contributed by atoms with Crippen molar-refractivity contribution >= 4 is 40.7 Å². The second-order valence-corrected chi connectivity index (χ2v) is 13.2. The highest BCUT2D eigenvalue weighted by atomic mass is 16.3. The van der Waals surface area contributed by atoms with Crippen molar-refractivity contribution in [2.75, 3.05) is 28.7 Å². The fourth-order valence-electron chi connectivity index (χ4n) is 6.50. The van der Waals surface area contributed by atoms with Gasteiger partial charge < -0.3 is 30.6 Å². The lowest BCUT2D eigenvalue weighted by molar-refractivity contribution is -0.139. The Hall–Kier alpha value is -6.36. The van der Waals surface area contributed by atoms with Crippen LogP contribution in [-0.4, -0.2) is 51.9 Å². The van der Waals surface area contributed by atoms with Gasteiger partial charge in [-0.1, -0.05) is 97.9 Å². The van der Waals surface area contributed by atoms with Crippen LogP contribution in [0, 0.1) is 5.92 Å². The van der Waals surface area contributed by atoms with Crippen molar-refractivity contribution in [2.24, 2.45) is 5.92 Å². The van der Waals surface area contributed by atoms with E-state index in [1.54, 1.807) is 103 Å². The summed E-state index contributed by atoms with van der Waals surface area (Å²) in [5.74, 6) is -2.13. The summed E-state index contributed by atoms with van der Waals surface area (Å²) >= 11 is 0. The lowest BCUT2D eigenvalue weighted by Gasteiger charge is -2.28. The summed E-state index contributed by atoms with van der Waals surface area (Å²) in [4.78, 5) is 56.3. The predicted octanol–water partition coefficient (Wildman–Crippen LogP) is 6.53. The molecule has 0 radical (unpaired) electrons. The molecular weight excluding hydrogens is 681 g/mol. The maximum atomic E-state index is 14.3. The molecule has 5 aromatic carbocycles. The van der Waals surface area contributed by atoms with Crippen molar-refractivity contribution in [3.63, 3.8) is 0 Å². The van der Waals surface area contributed by atoms with Crippen molar-refractivity contribution < 1.29 is 29.4 Å². The van der Waals surface area contributed by atoms with Gasteiger partial charge in [-0.25, -0.2) is 0 Å². The Bertz CT molecular complexity index is 2120. The number of carbonyl (C=O) groups is 4. The monoisotopic (exact) mass is 722 g/mol. The van der Waals surface area contributed by atoms with Crippen LogP contribution in [-0.2, 0) is 28.3 Å². The first-order valence-electron chi connectivity index (χ1n) is 17.8. The van der Waals surface area contributed by atoms with Crippen LogP contribution in [0.15, 0.2) is 146 Å². The van der Waals surface area contributed by atoms with Crippen molar-refractivity contribution in [1.29, 1.82) is 0 Å². The van der Waals surface area contributed by atoms with Gasteiger partial charge in [0.15, 0.2) is 5.60 Å². The Labute approximate surface area is 314 Å². The average Bonchev–Trinajstić information content (AvgIpc) is 3.41. The van der Waals surface area contributed by atoms with Gasteiger partial charge in [-0.2, -0.15) is 0 Å². The van der Waals surface area contributed by atoms with E-state index in [0.29, 0.717) is 40.3 Å². The van der Waals surface area contributed by atoms with E-state index in [2.05, 4.69) is 10.6 Å². The van der Waals surface area contributed by atoms with Crippen LogP contribution >= 0.6 is 0 Å². The lowest BCUT2D eigenvalue weighted by atomic mass is 9.82. The quantitative estimate of drug-likeness (QED) is 0.0962. The molecule has 0 saturated heterocycles. The van der Waals surface area contributed by atoms with Crippen LogP contribution in [0.3, 0.4) is 0 Å². The Balaban J connectivity index is 1.23. The van der Waals surface area contributed by atoms with E-state index < -0.39 is 17.4 Å². The van der Waals surface area contributed by atoms with Crippen molar-refractivity contribution in [3.05, 3.63) is 173 Å². The van der Waals surface area contributed by atoms with E-state index in [9.17, 15) is 29.4 Å². The molecule has 1 aliphatic rings. The molecule has 0 aromatic heterocycles. The van der Waals surface area contributed by atoms with Crippen LogP contribution < -0.4 is 15.5 Å². The highest BCUT2D eigenvalue weighted by Crippen LogP contribution is 2.47. The summed E-state index contributed by atoms with van der Waals surface area (Å²) in [6, 6.07) is 39.2. The standard InChI is InChI=1S/C44H42N4O6/c1-31(12-11-19-40(50)47(26-27-49)29-32-13-5-2-6-14-32)44(54)38-28-37(46-42(52)35-17-9-4-10-18-35)24-25-39(38)48(43(44)53)30-33-20-22-36(23-21-33)45-41(51)34-15-7-3-8-16-34/h2-18,20-25,28,31,49,54H,19,26-27,29-30H2,1H3,(H,45,51)(H,46,52)/b12-11+/t31-,44+/m0/s1. The van der Waals surface area contributed by atoms with E-state index in [0.717, 1.165) is 11.1 Å². The zero-order chi connectivity index (χ0) is 38.1. The first-order chi connectivity index (χ1) is 26.2. The molecule has 1 aliphatic heterocycles. The normalized spacial score (nSPS) is 15.5. The van der Waals surface area contributed by atoms with Gasteiger partial charge in [0.05, 0.1) is 18.8 Å². The third-order valence-corrected chi connectivity index (χ3v) is 9.47. The minimum Gasteiger partial charge on any atom is -0.395 e. The fraction of sp³-hybridized carbons (Fsp3) is 0.182. The van der Waals surface area contributed by atoms with E-state index in [-0.39, 0.29) is 43.8 Å². The van der Waals surface area contributed by atoms with Crippen LogP contribution in [0.4, 0.5) is 17.1 Å². The molecule has 0 saturated carbocycles. The number of carbonyl (C=O) groups excluding carboxylic acids is 4. The van der Waals surface area contributed by atoms with E-state index in [1.165, 1.54) is 4.90 Å². The first kappa shape index (κ1) is 37.4. The molecule has 4 amide bonds. The molecular formula is C44H42N4O6. The van der Waals surface area contributed by atoms with Gasteiger partial charge in [-0.3, -0.25) is 19.2 Å². The van der Waals surface area contributed by atoms with Crippen molar-refractivity contribution in [3.8, 4) is 0 Å². The molecule has 10 nitrogen and oxygen atoms in total. The topological polar surface area (TPSA) is 139 Å². The third kappa shape index (κ3) is 8.47. The SMILES string of the molecule is C[C@@H](/C=C/CC(=O)N(CCO)Cc1ccccc1)[C@]1(O)C(=O)N(Cc2ccc(NC(=O)c3ccccc3)cc2)c2ccc(NC(=O)c3ccccc3)cc21. The molecule has 0 spiro atoms. The maximum absolute atomic E-state index is 14.3. The smallest absolute Gasteiger partial charge is 0.264 e. The first-order valence-corrected chi connectivity index (χ1v) is 17.8. The third-order valence-electron chi connectivity index (χ3n) is 9.47. The molecule has 0 unspecified atom stereocenters. The van der Waals surface area contributed by atoms with Crippen LogP contribution in [0.1, 0.15) is 50.8 Å². The number of nitrogens with zero attached hydrogens (tertiary/aromatic N) is 2. The molecule has 54 heavy (non-hydrogen) atoms. The largest absolute Gasteiger partial charge is 0.395 e. The number of fused-ring (bicyclic) bond motifs is 1. The summed E-state index contributed by atoms with van der Waals surface area (Å²) in [7, 11) is 0. The number of aliphatic hydroxyl groups excluding tert-OH is 1. The van der Waals surface area contributed by atoms with Gasteiger partial charge in [0.25, 0.3) is 17.7 Å². The molecule has 1 heterocycles. The minimum atomic E-state index is -2.03. The van der Waals surface area contributed by atoms with Crippen LogP contribution in [0.5, 0.6) is 0 Å². The zero-order valence-electron chi connectivity index (χ0n) is 29.9. The Kier molecular flexibility index (Phi) is 11.8. The Morgan fingerprint density at radius 1 is 0.759 bits per heavy atom. The van der Waals surface area contributed by atoms with Gasteiger partial charge >= 0.3 is 0 Å². The van der Waals surface area contributed by atoms with Crippen LogP contribution in [0.25, 0.3) is 0 Å². The number of rotatable bonds is 14. The number of anilines is 3. The number of aliphatic hydroxyl groups is 2. The highest BCUT2D eigenvalue weighted by molar-refractivity contribution is 6.09. The number of nitrogens with one attached hydrogen (secondary N) is 2. The van der Waals surface area contributed by atoms with E-state index in [4.69, 9.17) is 0 Å². The number of hydrogen-bond acceptors (Lipinski definition) is 6. The van der Waals surface area contributed by atoms with E-state index in [1.807, 2.05) is 54.6 Å². The van der Waals surface area contributed by atoms with E-state index >= 15 is 0 Å². The molecule has 2 atom stereocenters. The summed E-state index contributed by atoms with van der Waals surface area (Å²) < 4.78 is 0. The minimum absolute atomic E-state index is 0.00164. The zero-order valence-corrected chi connectivity index (χ0v) is 29.9. The second kappa shape index (κ2) is 17.0. The van der Waals surface area contributed by atoms with Gasteiger partial charge in [0.2, 0.25) is 5.91 Å². The average molecular weight is 723 g/mol. The molecule has 0 aliphatic carbocycles. The van der Waals surface area contributed by atoms with Crippen molar-refractivity contribution in [1.82, 2.24) is 4.90 Å². The second-order valence-electron chi connectivity index (χ2n) is 13.2. The van der Waals surface area contributed by atoms with Crippen molar-refractivity contribution in [2.45, 2.75) is 32.0 Å². The molecule has 0 fully saturated rings. The van der Waals surface area contributed by atoms with Gasteiger partial charge in [-0.15, -0.1) is 0 Å². The van der Waals surface area contributed by atoms with Gasteiger partial charge in [0, 0.05) is 53.5 Å². The molecule has 274 valence electrons. The maximum Gasteiger partial charge on any atom is 0.264 e. The number of benzene rings is 5. The molecule has 4 N–H and O–H groups in total. The lowest BCUT2D eigenvalue weighted by Crippen LogP contribution is -2.44. The summed E-state index contributed by atoms with van der Waals surface area (Å²) in [6.45, 7) is 2.15. The summed E-state index contributed by atoms with van der Waals surface area (Å²) in [5.41, 5.74) is 2.44. The van der Waals surface area contributed by atoms with Crippen LogP contribution in [0.2, 0.25) is 0 Å². The molecule has 5 aromatic rings. The number of amides is 4. The number of hydrogen-bond donors (Lipinski definition) is 4. The Morgan fingerprint density at radius 3 is 1.91 bits per heavy atom. The summed E-state index contributed by atoms with van der Waals surface area (Å²) in [6.07, 6.45) is 3.29. The molecule has 10 heteroatoms. The summed E-state index contributed by atoms with van der Waals surface area (Å²) in [5, 5.41) is 27.7. The highest BCUT2D eigenvalue weighted by Gasteiger charge is 2.52. The predicted molar refractivity (Wildman–Crippen MR) is 209 cm³/mol.